The van der Waals surface area contributed by atoms with Crippen LogP contribution >= 0.6 is 23.2 Å². The summed E-state index contributed by atoms with van der Waals surface area (Å²) in [6, 6.07) is 8.15. The first-order valence-electron chi connectivity index (χ1n) is 6.46. The number of hydrogen-bond acceptors (Lipinski definition) is 0. The molecule has 0 saturated heterocycles. The van der Waals surface area contributed by atoms with E-state index in [4.69, 9.17) is 23.2 Å². The molecule has 0 aliphatic heterocycles. The third-order valence-electron chi connectivity index (χ3n) is 3.56. The Labute approximate surface area is 115 Å². The first kappa shape index (κ1) is 14.9. The van der Waals surface area contributed by atoms with Gasteiger partial charge in [0.15, 0.2) is 0 Å². The van der Waals surface area contributed by atoms with Crippen LogP contribution in [-0.4, -0.2) is 5.88 Å². The lowest BCUT2D eigenvalue weighted by molar-refractivity contribution is 0.279. The van der Waals surface area contributed by atoms with Gasteiger partial charge in [0.1, 0.15) is 0 Å². The molecule has 1 aromatic carbocycles. The summed E-state index contributed by atoms with van der Waals surface area (Å²) in [5.74, 6) is 0.732. The van der Waals surface area contributed by atoms with Gasteiger partial charge in [-0.05, 0) is 42.4 Å². The van der Waals surface area contributed by atoms with Crippen LogP contribution in [0.1, 0.15) is 45.1 Å². The highest BCUT2D eigenvalue weighted by atomic mass is 35.5. The molecular formula is C15H22Cl2. The van der Waals surface area contributed by atoms with Gasteiger partial charge in [0.25, 0.3) is 0 Å². The van der Waals surface area contributed by atoms with Crippen LogP contribution < -0.4 is 0 Å². The minimum atomic E-state index is 0.238. The predicted molar refractivity (Wildman–Crippen MR) is 78.1 cm³/mol. The zero-order valence-electron chi connectivity index (χ0n) is 10.8. The van der Waals surface area contributed by atoms with E-state index in [1.54, 1.807) is 0 Å². The normalized spacial score (nSPS) is 14.6. The molecule has 1 rings (SSSR count). The van der Waals surface area contributed by atoms with Crippen LogP contribution in [0.5, 0.6) is 0 Å². The van der Waals surface area contributed by atoms with E-state index in [9.17, 15) is 0 Å². The Morgan fingerprint density at radius 2 is 2.00 bits per heavy atom. The monoisotopic (exact) mass is 272 g/mol. The van der Waals surface area contributed by atoms with E-state index in [0.717, 1.165) is 23.7 Å². The Bertz CT molecular complexity index is 329. The minimum Gasteiger partial charge on any atom is -0.126 e. The summed E-state index contributed by atoms with van der Waals surface area (Å²) in [5.41, 5.74) is 1.54. The van der Waals surface area contributed by atoms with Crippen molar-refractivity contribution < 1.29 is 0 Å². The van der Waals surface area contributed by atoms with E-state index in [0.29, 0.717) is 0 Å². The van der Waals surface area contributed by atoms with Crippen LogP contribution in [0, 0.1) is 5.41 Å². The average Bonchev–Trinajstić information content (AvgIpc) is 2.35. The zero-order valence-corrected chi connectivity index (χ0v) is 12.3. The summed E-state index contributed by atoms with van der Waals surface area (Å²) in [4.78, 5) is 0. The molecule has 0 nitrogen and oxygen atoms in total. The van der Waals surface area contributed by atoms with Crippen molar-refractivity contribution in [1.82, 2.24) is 0 Å². The number of rotatable bonds is 7. The van der Waals surface area contributed by atoms with Crippen molar-refractivity contribution in [2.24, 2.45) is 5.41 Å². The van der Waals surface area contributed by atoms with Gasteiger partial charge in [0.2, 0.25) is 0 Å². The Balaban J connectivity index is 2.78. The van der Waals surface area contributed by atoms with Crippen molar-refractivity contribution >= 4 is 23.2 Å². The Kier molecular flexibility index (Phi) is 6.37. The number of hydrogen-bond donors (Lipinski definition) is 0. The van der Waals surface area contributed by atoms with Crippen LogP contribution in [0.25, 0.3) is 0 Å². The molecule has 0 saturated carbocycles. The third kappa shape index (κ3) is 4.52. The smallest absolute Gasteiger partial charge is 0.0408 e. The fraction of sp³-hybridized carbons (Fsp3) is 0.600. The Morgan fingerprint density at radius 3 is 2.53 bits per heavy atom. The van der Waals surface area contributed by atoms with Crippen LogP contribution in [0.4, 0.5) is 0 Å². The van der Waals surface area contributed by atoms with Gasteiger partial charge in [-0.25, -0.2) is 0 Å². The summed E-state index contributed by atoms with van der Waals surface area (Å²) in [7, 11) is 0. The highest BCUT2D eigenvalue weighted by Gasteiger charge is 2.26. The molecule has 1 atom stereocenters. The molecule has 0 fully saturated rings. The van der Waals surface area contributed by atoms with Gasteiger partial charge in [-0.3, -0.25) is 0 Å². The van der Waals surface area contributed by atoms with Crippen molar-refractivity contribution in [3.05, 3.63) is 34.9 Å². The number of halogens is 2. The fourth-order valence-corrected chi connectivity index (χ4v) is 2.86. The molecule has 0 heterocycles. The molecule has 96 valence electrons. The van der Waals surface area contributed by atoms with Gasteiger partial charge in [0, 0.05) is 10.9 Å². The van der Waals surface area contributed by atoms with E-state index in [-0.39, 0.29) is 5.41 Å². The fourth-order valence-electron chi connectivity index (χ4n) is 2.23. The van der Waals surface area contributed by atoms with Crippen LogP contribution in [0.15, 0.2) is 24.3 Å². The van der Waals surface area contributed by atoms with Crippen molar-refractivity contribution in [2.75, 3.05) is 5.88 Å². The maximum atomic E-state index is 6.22. The highest BCUT2D eigenvalue weighted by Crippen LogP contribution is 2.34. The molecule has 17 heavy (non-hydrogen) atoms. The van der Waals surface area contributed by atoms with Crippen LogP contribution in [-0.2, 0) is 6.42 Å². The zero-order chi connectivity index (χ0) is 12.7. The van der Waals surface area contributed by atoms with Gasteiger partial charge >= 0.3 is 0 Å². The van der Waals surface area contributed by atoms with E-state index >= 15 is 0 Å². The van der Waals surface area contributed by atoms with E-state index in [1.807, 2.05) is 12.1 Å². The van der Waals surface area contributed by atoms with Gasteiger partial charge in [-0.15, -0.1) is 11.6 Å². The minimum absolute atomic E-state index is 0.238. The van der Waals surface area contributed by atoms with Gasteiger partial charge < -0.3 is 0 Å². The second-order valence-electron chi connectivity index (χ2n) is 4.90. The molecule has 2 heteroatoms. The second kappa shape index (κ2) is 7.28. The highest BCUT2D eigenvalue weighted by molar-refractivity contribution is 6.30. The maximum Gasteiger partial charge on any atom is 0.0408 e. The molecule has 1 unspecified atom stereocenters. The van der Waals surface area contributed by atoms with Crippen LogP contribution in [0.2, 0.25) is 5.02 Å². The first-order chi connectivity index (χ1) is 8.15. The standard InChI is InChI=1S/C15H22Cl2/c1-3-5-9-15(4-2,12-16)11-13-7-6-8-14(17)10-13/h6-8,10H,3-5,9,11-12H2,1-2H3. The maximum absolute atomic E-state index is 6.22. The number of unbranched alkanes of at least 4 members (excludes halogenated alkanes) is 1. The van der Waals surface area contributed by atoms with Crippen LogP contribution in [0.3, 0.4) is 0 Å². The Hall–Kier alpha value is -0.200. The van der Waals surface area contributed by atoms with Crippen molar-refractivity contribution in [3.63, 3.8) is 0 Å². The molecule has 0 aromatic heterocycles. The Morgan fingerprint density at radius 1 is 1.24 bits per heavy atom. The molecule has 0 amide bonds. The number of benzene rings is 1. The SMILES string of the molecule is CCCCC(CC)(CCl)Cc1cccc(Cl)c1. The van der Waals surface area contributed by atoms with Gasteiger partial charge in [0.05, 0.1) is 0 Å². The predicted octanol–water partition coefficient (Wildman–Crippen LogP) is 5.71. The van der Waals surface area contributed by atoms with Gasteiger partial charge in [-0.1, -0.05) is 50.4 Å². The van der Waals surface area contributed by atoms with Crippen molar-refractivity contribution in [3.8, 4) is 0 Å². The summed E-state index contributed by atoms with van der Waals surface area (Å²) in [5, 5.41) is 0.817. The summed E-state index contributed by atoms with van der Waals surface area (Å²) in [6.45, 7) is 4.47. The van der Waals surface area contributed by atoms with Gasteiger partial charge in [-0.2, -0.15) is 0 Å². The summed E-state index contributed by atoms with van der Waals surface area (Å²) < 4.78 is 0. The van der Waals surface area contributed by atoms with E-state index in [2.05, 4.69) is 26.0 Å². The largest absolute Gasteiger partial charge is 0.126 e. The molecular weight excluding hydrogens is 251 g/mol. The topological polar surface area (TPSA) is 0 Å². The first-order valence-corrected chi connectivity index (χ1v) is 7.37. The second-order valence-corrected chi connectivity index (χ2v) is 5.60. The molecule has 0 N–H and O–H groups in total. The lowest BCUT2D eigenvalue weighted by atomic mass is 9.77. The molecule has 1 aromatic rings. The third-order valence-corrected chi connectivity index (χ3v) is 4.36. The van der Waals surface area contributed by atoms with Crippen molar-refractivity contribution in [2.45, 2.75) is 46.0 Å². The molecule has 0 bridgehead atoms. The molecule has 0 aliphatic rings. The van der Waals surface area contributed by atoms with E-state index in [1.165, 1.54) is 24.8 Å². The molecule has 0 aliphatic carbocycles. The summed E-state index contributed by atoms with van der Waals surface area (Å²) >= 11 is 12.2. The lowest BCUT2D eigenvalue weighted by Crippen LogP contribution is -2.25. The lowest BCUT2D eigenvalue weighted by Gasteiger charge is -2.31. The summed E-state index contributed by atoms with van der Waals surface area (Å²) in [6.07, 6.45) is 5.85. The quantitative estimate of drug-likeness (QED) is 0.558. The molecule has 0 spiro atoms. The van der Waals surface area contributed by atoms with E-state index < -0.39 is 0 Å². The van der Waals surface area contributed by atoms with Crippen molar-refractivity contribution in [1.29, 1.82) is 0 Å². The average molecular weight is 273 g/mol. The molecule has 0 radical (unpaired) electrons. The number of alkyl halides is 1.